The first-order valence-electron chi connectivity index (χ1n) is 9.40. The van der Waals surface area contributed by atoms with Crippen molar-refractivity contribution < 1.29 is 14.7 Å². The number of benzene rings is 2. The average Bonchev–Trinajstić information content (AvgIpc) is 2.74. The van der Waals surface area contributed by atoms with Crippen LogP contribution in [0.2, 0.25) is 5.02 Å². The van der Waals surface area contributed by atoms with Crippen LogP contribution in [0.1, 0.15) is 17.3 Å². The van der Waals surface area contributed by atoms with Gasteiger partial charge in [-0.25, -0.2) is 4.79 Å². The SMILES string of the molecule is CCn1cc(C(=O)NC(=O)Nc2cccc(Cl)c2)c(=O)c2cc(O)c3ncccc3c21. The highest BCUT2D eigenvalue weighted by Crippen LogP contribution is 2.30. The van der Waals surface area contributed by atoms with Crippen LogP contribution in [-0.2, 0) is 6.54 Å². The number of halogens is 1. The number of carbonyl (C=O) groups excluding carboxylic acids is 2. The fourth-order valence-electron chi connectivity index (χ4n) is 3.44. The zero-order valence-electron chi connectivity index (χ0n) is 16.3. The van der Waals surface area contributed by atoms with Crippen LogP contribution in [0.5, 0.6) is 5.75 Å². The van der Waals surface area contributed by atoms with E-state index in [1.54, 1.807) is 41.1 Å². The topological polar surface area (TPSA) is 113 Å². The highest BCUT2D eigenvalue weighted by atomic mass is 35.5. The molecule has 0 radical (unpaired) electrons. The Balaban J connectivity index is 1.75. The lowest BCUT2D eigenvalue weighted by atomic mass is 10.1. The van der Waals surface area contributed by atoms with Crippen LogP contribution in [0.3, 0.4) is 0 Å². The van der Waals surface area contributed by atoms with Crippen molar-refractivity contribution in [3.63, 3.8) is 0 Å². The number of pyridine rings is 2. The smallest absolute Gasteiger partial charge is 0.326 e. The summed E-state index contributed by atoms with van der Waals surface area (Å²) in [6, 6.07) is 10.4. The number of nitrogens with one attached hydrogen (secondary N) is 2. The van der Waals surface area contributed by atoms with Crippen molar-refractivity contribution in [1.82, 2.24) is 14.9 Å². The van der Waals surface area contributed by atoms with E-state index in [-0.39, 0.29) is 16.7 Å². The molecule has 0 saturated carbocycles. The van der Waals surface area contributed by atoms with Gasteiger partial charge in [0.05, 0.1) is 10.9 Å². The van der Waals surface area contributed by atoms with Crippen molar-refractivity contribution in [3.05, 3.63) is 75.7 Å². The molecule has 0 fully saturated rings. The number of rotatable bonds is 3. The van der Waals surface area contributed by atoms with Crippen molar-refractivity contribution >= 4 is 51.0 Å². The average molecular weight is 437 g/mol. The van der Waals surface area contributed by atoms with Gasteiger partial charge in [0.15, 0.2) is 0 Å². The van der Waals surface area contributed by atoms with Gasteiger partial charge in [0.2, 0.25) is 5.43 Å². The lowest BCUT2D eigenvalue weighted by Crippen LogP contribution is -2.37. The molecule has 0 aliphatic heterocycles. The van der Waals surface area contributed by atoms with E-state index in [9.17, 15) is 19.5 Å². The second-order valence-corrected chi connectivity index (χ2v) is 7.20. The van der Waals surface area contributed by atoms with E-state index in [1.807, 2.05) is 6.92 Å². The molecular formula is C22H17ClN4O4. The zero-order valence-corrected chi connectivity index (χ0v) is 17.1. The van der Waals surface area contributed by atoms with Crippen LogP contribution in [0, 0.1) is 0 Å². The van der Waals surface area contributed by atoms with Crippen LogP contribution in [-0.4, -0.2) is 26.6 Å². The number of hydrogen-bond acceptors (Lipinski definition) is 5. The Morgan fingerprint density at radius 3 is 2.71 bits per heavy atom. The maximum absolute atomic E-state index is 13.1. The lowest BCUT2D eigenvalue weighted by molar-refractivity contribution is 0.0965. The number of aromatic nitrogens is 2. The molecule has 2 aromatic carbocycles. The van der Waals surface area contributed by atoms with Gasteiger partial charge < -0.3 is 15.0 Å². The van der Waals surface area contributed by atoms with Gasteiger partial charge in [-0.1, -0.05) is 17.7 Å². The van der Waals surface area contributed by atoms with Crippen LogP contribution in [0.25, 0.3) is 21.8 Å². The van der Waals surface area contributed by atoms with Crippen LogP contribution >= 0.6 is 11.6 Å². The molecule has 8 nitrogen and oxygen atoms in total. The summed E-state index contributed by atoms with van der Waals surface area (Å²) in [5.74, 6) is -1.03. The normalized spacial score (nSPS) is 10.9. The lowest BCUT2D eigenvalue weighted by Gasteiger charge is -2.14. The number of amides is 3. The van der Waals surface area contributed by atoms with Crippen LogP contribution in [0.15, 0.2) is 59.7 Å². The first kappa shape index (κ1) is 20.4. The number of urea groups is 1. The van der Waals surface area contributed by atoms with Gasteiger partial charge in [0.25, 0.3) is 5.91 Å². The number of carbonyl (C=O) groups is 2. The van der Waals surface area contributed by atoms with Crippen LogP contribution in [0.4, 0.5) is 10.5 Å². The van der Waals surface area contributed by atoms with Gasteiger partial charge in [-0.2, -0.15) is 0 Å². The van der Waals surface area contributed by atoms with Gasteiger partial charge in [-0.05, 0) is 43.3 Å². The Hall–Kier alpha value is -3.91. The number of hydrogen-bond donors (Lipinski definition) is 3. The highest BCUT2D eigenvalue weighted by Gasteiger charge is 2.20. The van der Waals surface area contributed by atoms with Gasteiger partial charge in [0, 0.05) is 35.0 Å². The first-order valence-corrected chi connectivity index (χ1v) is 9.78. The Kier molecular flexibility index (Phi) is 5.31. The highest BCUT2D eigenvalue weighted by molar-refractivity contribution is 6.31. The Bertz CT molecular complexity index is 1410. The van der Waals surface area contributed by atoms with Crippen molar-refractivity contribution in [2.45, 2.75) is 13.5 Å². The molecule has 4 rings (SSSR count). The summed E-state index contributed by atoms with van der Waals surface area (Å²) in [4.78, 5) is 42.2. The van der Waals surface area contributed by atoms with E-state index in [0.717, 1.165) is 0 Å². The van der Waals surface area contributed by atoms with Crippen molar-refractivity contribution in [3.8, 4) is 5.75 Å². The molecule has 0 aliphatic carbocycles. The molecule has 0 unspecified atom stereocenters. The van der Waals surface area contributed by atoms with Gasteiger partial charge in [-0.15, -0.1) is 0 Å². The molecule has 2 heterocycles. The maximum atomic E-state index is 13.1. The quantitative estimate of drug-likeness (QED) is 0.421. The Morgan fingerprint density at radius 1 is 1.16 bits per heavy atom. The molecule has 31 heavy (non-hydrogen) atoms. The second-order valence-electron chi connectivity index (χ2n) is 6.77. The standard InChI is InChI=1S/C22H17ClN4O4/c1-2-27-11-16(21(30)26-22(31)25-13-6-3-5-12(23)9-13)20(29)15-10-17(28)18-14(19(15)27)7-4-8-24-18/h3-11,28H,2H2,1H3,(H2,25,26,30,31). The predicted octanol–water partition coefficient (Wildman–Crippen LogP) is 3.89. The fraction of sp³-hybridized carbons (Fsp3) is 0.0909. The molecule has 2 aromatic heterocycles. The minimum atomic E-state index is -0.862. The molecule has 9 heteroatoms. The summed E-state index contributed by atoms with van der Waals surface area (Å²) in [5.41, 5.74) is 0.473. The number of aryl methyl sites for hydroxylation is 1. The van der Waals surface area contributed by atoms with Crippen LogP contribution < -0.4 is 16.1 Å². The van der Waals surface area contributed by atoms with Gasteiger partial charge in [0.1, 0.15) is 16.8 Å². The molecule has 0 aliphatic rings. The number of phenolic OH excluding ortho intramolecular Hbond substituents is 1. The van der Waals surface area contributed by atoms with Crippen molar-refractivity contribution in [1.29, 1.82) is 0 Å². The first-order chi connectivity index (χ1) is 14.9. The minimum Gasteiger partial charge on any atom is -0.506 e. The Labute approximate surface area is 181 Å². The van der Waals surface area contributed by atoms with E-state index in [0.29, 0.717) is 33.7 Å². The predicted molar refractivity (Wildman–Crippen MR) is 119 cm³/mol. The second kappa shape index (κ2) is 8.08. The van der Waals surface area contributed by atoms with E-state index in [4.69, 9.17) is 11.6 Å². The molecule has 0 spiro atoms. The summed E-state index contributed by atoms with van der Waals surface area (Å²) in [7, 11) is 0. The van der Waals surface area contributed by atoms with Crippen molar-refractivity contribution in [2.75, 3.05) is 5.32 Å². The molecule has 0 bridgehead atoms. The number of phenols is 1. The van der Waals surface area contributed by atoms with E-state index >= 15 is 0 Å². The van der Waals surface area contributed by atoms with Gasteiger partial charge in [-0.3, -0.25) is 19.9 Å². The largest absolute Gasteiger partial charge is 0.506 e. The molecule has 0 saturated heterocycles. The molecule has 3 N–H and O–H groups in total. The van der Waals surface area contributed by atoms with E-state index in [1.165, 1.54) is 18.3 Å². The maximum Gasteiger partial charge on any atom is 0.326 e. The zero-order chi connectivity index (χ0) is 22.1. The number of anilines is 1. The third kappa shape index (κ3) is 3.80. The number of aromatic hydroxyl groups is 1. The molecule has 0 atom stereocenters. The van der Waals surface area contributed by atoms with E-state index in [2.05, 4.69) is 15.6 Å². The number of imide groups is 1. The third-order valence-corrected chi connectivity index (χ3v) is 5.03. The monoisotopic (exact) mass is 436 g/mol. The van der Waals surface area contributed by atoms with E-state index < -0.39 is 17.4 Å². The fourth-order valence-corrected chi connectivity index (χ4v) is 3.63. The van der Waals surface area contributed by atoms with Gasteiger partial charge >= 0.3 is 6.03 Å². The third-order valence-electron chi connectivity index (χ3n) is 4.80. The summed E-state index contributed by atoms with van der Waals surface area (Å²) < 4.78 is 1.71. The molecule has 3 amide bonds. The summed E-state index contributed by atoms with van der Waals surface area (Å²) >= 11 is 5.89. The minimum absolute atomic E-state index is 0.155. The number of nitrogens with zero attached hydrogens (tertiary/aromatic N) is 2. The van der Waals surface area contributed by atoms with Crippen molar-refractivity contribution in [2.24, 2.45) is 0 Å². The summed E-state index contributed by atoms with van der Waals surface area (Å²) in [6.45, 7) is 2.30. The molecule has 4 aromatic rings. The number of fused-ring (bicyclic) bond motifs is 3. The summed E-state index contributed by atoms with van der Waals surface area (Å²) in [6.07, 6.45) is 2.94. The Morgan fingerprint density at radius 2 is 1.97 bits per heavy atom. The molecular weight excluding hydrogens is 420 g/mol. The molecule has 156 valence electrons. The summed E-state index contributed by atoms with van der Waals surface area (Å²) in [5, 5.41) is 16.1.